The molecule has 52 heavy (non-hydrogen) atoms. The molecule has 2 nitrogen and oxygen atoms in total. The van der Waals surface area contributed by atoms with Crippen LogP contribution in [0.3, 0.4) is 0 Å². The van der Waals surface area contributed by atoms with Crippen LogP contribution in [-0.2, 0) is 5.41 Å². The van der Waals surface area contributed by atoms with Gasteiger partial charge in [-0.1, -0.05) is 129 Å². The van der Waals surface area contributed by atoms with E-state index in [4.69, 9.17) is 4.42 Å². The largest absolute Gasteiger partial charge is 0.455 e. The smallest absolute Gasteiger partial charge is 0.143 e. The summed E-state index contributed by atoms with van der Waals surface area (Å²) in [6.07, 6.45) is 0. The number of hydrogen-bond acceptors (Lipinski definition) is 3. The van der Waals surface area contributed by atoms with Crippen molar-refractivity contribution in [1.82, 2.24) is 0 Å². The molecule has 2 heterocycles. The lowest BCUT2D eigenvalue weighted by Gasteiger charge is -2.28. The Morgan fingerprint density at radius 3 is 2.13 bits per heavy atom. The molecule has 11 rings (SSSR count). The standard InChI is InChI=1S/C49H33NOS/c1-49(2)40-17-9-8-15-36(40)39-29-34(24-26-41(39)49)50(33-22-19-31(20-23-33)30-11-4-3-5-12-30)42-18-10-16-38-46-44(52-48(38)42)28-27-43-45(46)37-25-21-32-13-6-7-14-35(32)47(37)51-43/h3-29H,1-2H3. The van der Waals surface area contributed by atoms with E-state index >= 15 is 0 Å². The lowest BCUT2D eigenvalue weighted by molar-refractivity contribution is 0.660. The van der Waals surface area contributed by atoms with Gasteiger partial charge in [0.25, 0.3) is 0 Å². The molecule has 0 fully saturated rings. The van der Waals surface area contributed by atoms with Crippen molar-refractivity contribution >= 4 is 81.3 Å². The average molecular weight is 684 g/mol. The molecule has 0 aliphatic heterocycles. The second-order valence-electron chi connectivity index (χ2n) is 14.5. The van der Waals surface area contributed by atoms with Gasteiger partial charge in [-0.25, -0.2) is 0 Å². The van der Waals surface area contributed by atoms with Crippen LogP contribution in [0.25, 0.3) is 75.1 Å². The minimum absolute atomic E-state index is 0.0534. The Balaban J connectivity index is 1.16. The fraction of sp³-hybridized carbons (Fsp3) is 0.0612. The van der Waals surface area contributed by atoms with Gasteiger partial charge >= 0.3 is 0 Å². The topological polar surface area (TPSA) is 16.4 Å². The number of benzene rings is 8. The van der Waals surface area contributed by atoms with Crippen molar-refractivity contribution in [2.75, 3.05) is 4.90 Å². The third kappa shape index (κ3) is 4.17. The maximum absolute atomic E-state index is 6.64. The van der Waals surface area contributed by atoms with Gasteiger partial charge in [0.2, 0.25) is 0 Å². The molecular formula is C49H33NOS. The zero-order chi connectivity index (χ0) is 34.6. The fourth-order valence-corrected chi connectivity index (χ4v) is 9.97. The average Bonchev–Trinajstić information content (AvgIpc) is 3.84. The molecule has 1 aliphatic carbocycles. The Morgan fingerprint density at radius 1 is 0.519 bits per heavy atom. The van der Waals surface area contributed by atoms with Gasteiger partial charge in [-0.05, 0) is 87.3 Å². The maximum Gasteiger partial charge on any atom is 0.143 e. The van der Waals surface area contributed by atoms with Crippen molar-refractivity contribution in [3.63, 3.8) is 0 Å². The first-order chi connectivity index (χ1) is 25.5. The van der Waals surface area contributed by atoms with E-state index in [9.17, 15) is 0 Å². The van der Waals surface area contributed by atoms with Crippen molar-refractivity contribution in [3.05, 3.63) is 175 Å². The highest BCUT2D eigenvalue weighted by Crippen LogP contribution is 2.52. The molecule has 0 saturated heterocycles. The monoisotopic (exact) mass is 683 g/mol. The van der Waals surface area contributed by atoms with E-state index in [2.05, 4.69) is 183 Å². The zero-order valence-electron chi connectivity index (χ0n) is 28.9. The predicted octanol–water partition coefficient (Wildman–Crippen LogP) is 14.6. The van der Waals surface area contributed by atoms with Crippen LogP contribution in [0.1, 0.15) is 25.0 Å². The van der Waals surface area contributed by atoms with E-state index in [1.165, 1.54) is 70.0 Å². The molecule has 0 radical (unpaired) electrons. The van der Waals surface area contributed by atoms with E-state index in [0.29, 0.717) is 0 Å². The van der Waals surface area contributed by atoms with Crippen molar-refractivity contribution in [3.8, 4) is 22.3 Å². The first-order valence-electron chi connectivity index (χ1n) is 17.9. The Kier molecular flexibility index (Phi) is 6.21. The second-order valence-corrected chi connectivity index (χ2v) is 15.5. The Labute approximate surface area is 305 Å². The molecule has 2 aromatic heterocycles. The summed E-state index contributed by atoms with van der Waals surface area (Å²) in [7, 11) is 0. The number of thiophene rings is 1. The second kappa shape index (κ2) is 10.9. The minimum atomic E-state index is -0.0534. The number of nitrogens with zero attached hydrogens (tertiary/aromatic N) is 1. The molecule has 0 spiro atoms. The van der Waals surface area contributed by atoms with Crippen molar-refractivity contribution in [2.24, 2.45) is 0 Å². The molecule has 10 aromatic rings. The molecule has 8 aromatic carbocycles. The van der Waals surface area contributed by atoms with Gasteiger partial charge in [0.05, 0.1) is 10.4 Å². The summed E-state index contributed by atoms with van der Waals surface area (Å²) in [6, 6.07) is 59.8. The van der Waals surface area contributed by atoms with Crippen LogP contribution in [0.4, 0.5) is 17.1 Å². The molecule has 0 bridgehead atoms. The number of furan rings is 1. The van der Waals surface area contributed by atoms with Crippen LogP contribution in [-0.4, -0.2) is 0 Å². The Bertz CT molecular complexity index is 3040. The van der Waals surface area contributed by atoms with E-state index in [1.807, 2.05) is 11.3 Å². The van der Waals surface area contributed by atoms with Crippen LogP contribution in [0.5, 0.6) is 0 Å². The summed E-state index contributed by atoms with van der Waals surface area (Å²) in [4.78, 5) is 2.46. The van der Waals surface area contributed by atoms with Crippen LogP contribution in [0, 0.1) is 0 Å². The number of hydrogen-bond donors (Lipinski definition) is 0. The van der Waals surface area contributed by atoms with Crippen LogP contribution < -0.4 is 4.90 Å². The third-order valence-electron chi connectivity index (χ3n) is 11.3. The van der Waals surface area contributed by atoms with Gasteiger partial charge in [-0.3, -0.25) is 0 Å². The summed E-state index contributed by atoms with van der Waals surface area (Å²) in [6.45, 7) is 4.69. The molecular weight excluding hydrogens is 651 g/mol. The van der Waals surface area contributed by atoms with Gasteiger partial charge in [0.1, 0.15) is 11.2 Å². The highest BCUT2D eigenvalue weighted by atomic mass is 32.1. The van der Waals surface area contributed by atoms with Crippen molar-refractivity contribution in [1.29, 1.82) is 0 Å². The normalized spacial score (nSPS) is 13.3. The lowest BCUT2D eigenvalue weighted by atomic mass is 9.82. The van der Waals surface area contributed by atoms with Crippen molar-refractivity contribution < 1.29 is 4.42 Å². The van der Waals surface area contributed by atoms with E-state index < -0.39 is 0 Å². The SMILES string of the molecule is CC1(C)c2ccccc2-c2cc(N(c3ccc(-c4ccccc4)cc3)c3cccc4c3sc3ccc5oc6c7ccccc7ccc6c5c34)ccc21. The van der Waals surface area contributed by atoms with E-state index in [-0.39, 0.29) is 5.41 Å². The van der Waals surface area contributed by atoms with E-state index in [0.717, 1.165) is 33.3 Å². The predicted molar refractivity (Wildman–Crippen MR) is 222 cm³/mol. The maximum atomic E-state index is 6.64. The molecule has 0 atom stereocenters. The highest BCUT2D eigenvalue weighted by Gasteiger charge is 2.35. The Morgan fingerprint density at radius 2 is 1.25 bits per heavy atom. The quantitative estimate of drug-likeness (QED) is 0.184. The molecule has 0 amide bonds. The number of anilines is 3. The van der Waals surface area contributed by atoms with Crippen LogP contribution in [0.2, 0.25) is 0 Å². The molecule has 1 aliphatic rings. The fourth-order valence-electron chi connectivity index (χ4n) is 8.75. The first-order valence-corrected chi connectivity index (χ1v) is 18.7. The summed E-state index contributed by atoms with van der Waals surface area (Å²) in [5, 5.41) is 7.21. The number of rotatable bonds is 4. The first kappa shape index (κ1) is 29.6. The summed E-state index contributed by atoms with van der Waals surface area (Å²) in [5.74, 6) is 0. The third-order valence-corrected chi connectivity index (χ3v) is 12.5. The molecule has 3 heteroatoms. The molecule has 0 unspecified atom stereocenters. The molecule has 246 valence electrons. The van der Waals surface area contributed by atoms with Gasteiger partial charge < -0.3 is 9.32 Å². The summed E-state index contributed by atoms with van der Waals surface area (Å²) >= 11 is 1.87. The highest BCUT2D eigenvalue weighted by molar-refractivity contribution is 7.26. The minimum Gasteiger partial charge on any atom is -0.455 e. The van der Waals surface area contributed by atoms with Gasteiger partial charge in [0, 0.05) is 48.4 Å². The van der Waals surface area contributed by atoms with Crippen LogP contribution in [0.15, 0.2) is 168 Å². The van der Waals surface area contributed by atoms with Gasteiger partial charge in [0.15, 0.2) is 0 Å². The van der Waals surface area contributed by atoms with Gasteiger partial charge in [-0.15, -0.1) is 11.3 Å². The summed E-state index contributed by atoms with van der Waals surface area (Å²) in [5.41, 5.74) is 13.1. The molecule has 0 N–H and O–H groups in total. The number of fused-ring (bicyclic) bond motifs is 12. The molecule has 0 saturated carbocycles. The Hall–Kier alpha value is -6.16. The van der Waals surface area contributed by atoms with Gasteiger partial charge in [-0.2, -0.15) is 0 Å². The van der Waals surface area contributed by atoms with Crippen molar-refractivity contribution in [2.45, 2.75) is 19.3 Å². The van der Waals surface area contributed by atoms with E-state index in [1.54, 1.807) is 0 Å². The lowest BCUT2D eigenvalue weighted by Crippen LogP contribution is -2.15. The zero-order valence-corrected chi connectivity index (χ0v) is 29.7. The van der Waals surface area contributed by atoms with Crippen LogP contribution >= 0.6 is 11.3 Å². The summed E-state index contributed by atoms with van der Waals surface area (Å²) < 4.78 is 9.16.